The van der Waals surface area contributed by atoms with E-state index in [9.17, 15) is 0 Å². The molecule has 0 radical (unpaired) electrons. The van der Waals surface area contributed by atoms with Crippen molar-refractivity contribution in [2.45, 2.75) is 24.4 Å². The maximum absolute atomic E-state index is 6.50. The summed E-state index contributed by atoms with van der Waals surface area (Å²) in [6.45, 7) is 9.97. The molecule has 0 bridgehead atoms. The molecule has 0 amide bonds. The number of epoxide rings is 4. The molecule has 0 aromatic rings. The van der Waals surface area contributed by atoms with Crippen LogP contribution in [0.4, 0.5) is 0 Å². The van der Waals surface area contributed by atoms with E-state index >= 15 is 0 Å². The zero-order valence-corrected chi connectivity index (χ0v) is 24.8. The molecule has 4 fully saturated rings. The molecule has 4 saturated heterocycles. The normalized spacial score (nSPS) is 27.4. The van der Waals surface area contributed by atoms with Crippen molar-refractivity contribution in [2.24, 2.45) is 10.8 Å². The number of rotatable bonds is 30. The largest absolute Gasteiger partial charge is 0.382 e. The Kier molecular flexibility index (Phi) is 14.9. The van der Waals surface area contributed by atoms with Crippen LogP contribution in [-0.4, -0.2) is 171 Å². The molecule has 4 unspecified atom stereocenters. The van der Waals surface area contributed by atoms with E-state index in [1.807, 2.05) is 0 Å². The van der Waals surface area contributed by atoms with E-state index in [1.165, 1.54) is 0 Å². The Hall–Kier alpha value is -0.520. The van der Waals surface area contributed by atoms with Crippen LogP contribution in [0.15, 0.2) is 0 Å². The van der Waals surface area contributed by atoms with E-state index in [0.717, 1.165) is 26.4 Å². The van der Waals surface area contributed by atoms with Gasteiger partial charge in [-0.3, -0.25) is 0 Å². The summed E-state index contributed by atoms with van der Waals surface area (Å²) in [4.78, 5) is 0. The Morgan fingerprint density at radius 2 is 0.683 bits per heavy atom. The second-order valence-electron chi connectivity index (χ2n) is 11.5. The van der Waals surface area contributed by atoms with Gasteiger partial charge in [-0.2, -0.15) is 0 Å². The molecule has 4 aliphatic heterocycles. The summed E-state index contributed by atoms with van der Waals surface area (Å²) in [6, 6.07) is 0. The second-order valence-corrected chi connectivity index (χ2v) is 11.5. The smallest absolute Gasteiger partial charge is 0.104 e. The minimum atomic E-state index is -0.550. The SMILES string of the molecule is COCCOCC(COCC1CO1)(COCC1CO1)COCC(COCCOC)(COCC1CO1)COCC1CO1. The van der Waals surface area contributed by atoms with Gasteiger partial charge in [0.1, 0.15) is 24.4 Å². The lowest BCUT2D eigenvalue weighted by Gasteiger charge is -2.36. The molecular weight excluding hydrogens is 544 g/mol. The maximum atomic E-state index is 6.50. The van der Waals surface area contributed by atoms with Gasteiger partial charge in [0.05, 0.1) is 143 Å². The highest BCUT2D eigenvalue weighted by atomic mass is 16.6. The van der Waals surface area contributed by atoms with E-state index in [4.69, 9.17) is 61.6 Å². The van der Waals surface area contributed by atoms with Gasteiger partial charge in [0.15, 0.2) is 0 Å². The molecular formula is C28H50O13. The van der Waals surface area contributed by atoms with Gasteiger partial charge in [0.25, 0.3) is 0 Å². The lowest BCUT2D eigenvalue weighted by atomic mass is 9.90. The summed E-state index contributed by atoms with van der Waals surface area (Å²) < 4.78 is 74.5. The zero-order valence-electron chi connectivity index (χ0n) is 24.8. The minimum Gasteiger partial charge on any atom is -0.382 e. The summed E-state index contributed by atoms with van der Waals surface area (Å²) in [5.74, 6) is 0. The van der Waals surface area contributed by atoms with Crippen molar-refractivity contribution < 1.29 is 61.6 Å². The average molecular weight is 595 g/mol. The quantitative estimate of drug-likeness (QED) is 0.0815. The van der Waals surface area contributed by atoms with Crippen molar-refractivity contribution in [3.05, 3.63) is 0 Å². The first kappa shape index (κ1) is 33.4. The predicted octanol–water partition coefficient (Wildman–Crippen LogP) is -0.0366. The monoisotopic (exact) mass is 594 g/mol. The Bertz CT molecular complexity index is 590. The van der Waals surface area contributed by atoms with Gasteiger partial charge in [-0.15, -0.1) is 0 Å². The highest BCUT2D eigenvalue weighted by Crippen LogP contribution is 2.27. The molecule has 0 aliphatic carbocycles. The van der Waals surface area contributed by atoms with Gasteiger partial charge in [-0.05, 0) is 0 Å². The summed E-state index contributed by atoms with van der Waals surface area (Å²) in [7, 11) is 3.31. The topological polar surface area (TPSA) is 133 Å². The van der Waals surface area contributed by atoms with Crippen LogP contribution in [0.5, 0.6) is 0 Å². The van der Waals surface area contributed by atoms with Crippen molar-refractivity contribution >= 4 is 0 Å². The molecule has 0 aromatic heterocycles. The van der Waals surface area contributed by atoms with Gasteiger partial charge in [-0.25, -0.2) is 0 Å². The third-order valence-corrected chi connectivity index (χ3v) is 6.95. The molecule has 0 aromatic carbocycles. The summed E-state index contributed by atoms with van der Waals surface area (Å²) >= 11 is 0. The Morgan fingerprint density at radius 1 is 0.415 bits per heavy atom. The van der Waals surface area contributed by atoms with Gasteiger partial charge in [0.2, 0.25) is 0 Å². The molecule has 0 N–H and O–H groups in total. The third kappa shape index (κ3) is 14.7. The molecule has 4 heterocycles. The second kappa shape index (κ2) is 18.3. The van der Waals surface area contributed by atoms with Crippen LogP contribution in [0.25, 0.3) is 0 Å². The van der Waals surface area contributed by atoms with Gasteiger partial charge >= 0.3 is 0 Å². The zero-order chi connectivity index (χ0) is 28.6. The molecule has 240 valence electrons. The fraction of sp³-hybridized carbons (Fsp3) is 1.00. The standard InChI is InChI=1S/C28H50O13/c1-29-3-5-31-15-27(17-33-7-23-11-38-23,18-34-8-24-12-39-24)21-37-22-28(16-32-6-4-30-2,19-35-9-25-13-40-25)20-36-10-26-14-41-26/h23-26H,3-22H2,1-2H3. The maximum Gasteiger partial charge on any atom is 0.104 e. The fourth-order valence-electron chi connectivity index (χ4n) is 4.13. The summed E-state index contributed by atoms with van der Waals surface area (Å²) in [5.41, 5.74) is -1.10. The molecule has 4 aliphatic rings. The Labute approximate surface area is 243 Å². The Morgan fingerprint density at radius 3 is 0.951 bits per heavy atom. The lowest BCUT2D eigenvalue weighted by molar-refractivity contribution is -0.146. The van der Waals surface area contributed by atoms with E-state index < -0.39 is 10.8 Å². The fourth-order valence-corrected chi connectivity index (χ4v) is 4.13. The molecule has 4 rings (SSSR count). The highest BCUT2D eigenvalue weighted by molar-refractivity contribution is 4.85. The number of ether oxygens (including phenoxy) is 13. The van der Waals surface area contributed by atoms with Gasteiger partial charge in [0, 0.05) is 14.2 Å². The van der Waals surface area contributed by atoms with E-state index in [2.05, 4.69) is 0 Å². The van der Waals surface area contributed by atoms with E-state index in [0.29, 0.717) is 106 Å². The summed E-state index contributed by atoms with van der Waals surface area (Å²) in [6.07, 6.45) is 0.614. The first-order chi connectivity index (χ1) is 20.1. The van der Waals surface area contributed by atoms with E-state index in [-0.39, 0.29) is 24.4 Å². The molecule has 13 nitrogen and oxygen atoms in total. The van der Waals surface area contributed by atoms with Crippen molar-refractivity contribution in [3.8, 4) is 0 Å². The number of methoxy groups -OCH3 is 2. The van der Waals surface area contributed by atoms with Crippen LogP contribution in [0, 0.1) is 10.8 Å². The predicted molar refractivity (Wildman–Crippen MR) is 143 cm³/mol. The van der Waals surface area contributed by atoms with Crippen LogP contribution in [0.1, 0.15) is 0 Å². The highest BCUT2D eigenvalue weighted by Gasteiger charge is 2.39. The van der Waals surface area contributed by atoms with Crippen LogP contribution >= 0.6 is 0 Å². The van der Waals surface area contributed by atoms with Gasteiger partial charge < -0.3 is 61.6 Å². The van der Waals surface area contributed by atoms with E-state index in [1.54, 1.807) is 14.2 Å². The van der Waals surface area contributed by atoms with Crippen molar-refractivity contribution in [2.75, 3.05) is 146 Å². The van der Waals surface area contributed by atoms with Crippen molar-refractivity contribution in [1.29, 1.82) is 0 Å². The van der Waals surface area contributed by atoms with Crippen LogP contribution < -0.4 is 0 Å². The van der Waals surface area contributed by atoms with Crippen LogP contribution in [0.3, 0.4) is 0 Å². The van der Waals surface area contributed by atoms with Crippen LogP contribution in [-0.2, 0) is 61.6 Å². The molecule has 4 atom stereocenters. The summed E-state index contributed by atoms with van der Waals surface area (Å²) in [5, 5.41) is 0. The Balaban J connectivity index is 1.38. The first-order valence-corrected chi connectivity index (χ1v) is 14.6. The first-order valence-electron chi connectivity index (χ1n) is 14.6. The van der Waals surface area contributed by atoms with Crippen molar-refractivity contribution in [3.63, 3.8) is 0 Å². The number of hydrogen-bond acceptors (Lipinski definition) is 13. The molecule has 0 saturated carbocycles. The van der Waals surface area contributed by atoms with Gasteiger partial charge in [-0.1, -0.05) is 0 Å². The van der Waals surface area contributed by atoms with Crippen molar-refractivity contribution in [1.82, 2.24) is 0 Å². The van der Waals surface area contributed by atoms with Crippen LogP contribution in [0.2, 0.25) is 0 Å². The molecule has 41 heavy (non-hydrogen) atoms. The molecule has 13 heteroatoms. The lowest BCUT2D eigenvalue weighted by Crippen LogP contribution is -2.46. The number of hydrogen-bond donors (Lipinski definition) is 0. The third-order valence-electron chi connectivity index (χ3n) is 6.95. The average Bonchev–Trinajstić information content (AvgIpc) is 3.76. The minimum absolute atomic E-state index is 0.154. The molecule has 0 spiro atoms.